The molecule has 1 aliphatic rings. The van der Waals surface area contributed by atoms with Gasteiger partial charge in [0, 0.05) is 26.1 Å². The van der Waals surface area contributed by atoms with E-state index >= 15 is 0 Å². The van der Waals surface area contributed by atoms with Crippen molar-refractivity contribution in [1.82, 2.24) is 10.2 Å². The molecule has 0 saturated carbocycles. The molecule has 1 aromatic rings. The number of nitrogens with one attached hydrogen (secondary N) is 1. The third-order valence-corrected chi connectivity index (χ3v) is 3.64. The van der Waals surface area contributed by atoms with Crippen LogP contribution in [-0.2, 0) is 20.7 Å². The molecule has 1 heterocycles. The molecule has 0 unspecified atom stereocenters. The van der Waals surface area contributed by atoms with Crippen LogP contribution in [0.15, 0.2) is 30.3 Å². The molecule has 2 rings (SSSR count). The first-order valence-corrected chi connectivity index (χ1v) is 7.59. The Morgan fingerprint density at radius 3 is 2.59 bits per heavy atom. The lowest BCUT2D eigenvalue weighted by molar-refractivity contribution is -0.135. The molecule has 2 amide bonds. The maximum absolute atomic E-state index is 11.9. The average molecular weight is 305 g/mol. The van der Waals surface area contributed by atoms with Gasteiger partial charge in [-0.25, -0.2) is 0 Å². The van der Waals surface area contributed by atoms with Crippen LogP contribution in [0.1, 0.15) is 12.0 Å². The van der Waals surface area contributed by atoms with Gasteiger partial charge in [0.2, 0.25) is 11.8 Å². The van der Waals surface area contributed by atoms with Crippen molar-refractivity contribution >= 4 is 11.8 Å². The number of nitrogens with two attached hydrogens (primary N) is 1. The lowest BCUT2D eigenvalue weighted by Crippen LogP contribution is -2.45. The second-order valence-electron chi connectivity index (χ2n) is 5.33. The minimum atomic E-state index is -0.596. The normalized spacial score (nSPS) is 16.1. The van der Waals surface area contributed by atoms with E-state index in [4.69, 9.17) is 10.5 Å². The number of carbonyl (C=O) groups is 2. The summed E-state index contributed by atoms with van der Waals surface area (Å²) in [5, 5.41) is 2.73. The van der Waals surface area contributed by atoms with E-state index in [1.807, 2.05) is 30.3 Å². The predicted molar refractivity (Wildman–Crippen MR) is 83.1 cm³/mol. The molecule has 0 aromatic heterocycles. The second-order valence-corrected chi connectivity index (χ2v) is 5.33. The highest BCUT2D eigenvalue weighted by Gasteiger charge is 2.18. The first-order chi connectivity index (χ1) is 10.7. The lowest BCUT2D eigenvalue weighted by Gasteiger charge is -2.26. The second kappa shape index (κ2) is 8.51. The fraction of sp³-hybridized carbons (Fsp3) is 0.500. The quantitative estimate of drug-likeness (QED) is 0.770. The Bertz CT molecular complexity index is 487. The standard InChI is InChI=1S/C16H23N3O3/c17-14(12-13-4-2-1-3-5-13)16(21)18-7-6-15(20)19-8-10-22-11-9-19/h1-5,14H,6-12,17H2,(H,18,21)/t14-/m0/s1. The fourth-order valence-corrected chi connectivity index (χ4v) is 2.36. The van der Waals surface area contributed by atoms with Crippen LogP contribution in [0, 0.1) is 0 Å². The molecule has 6 nitrogen and oxygen atoms in total. The molecule has 1 atom stereocenters. The van der Waals surface area contributed by atoms with Crippen LogP contribution in [-0.4, -0.2) is 55.6 Å². The number of hydrogen-bond acceptors (Lipinski definition) is 4. The van der Waals surface area contributed by atoms with Crippen molar-refractivity contribution in [3.8, 4) is 0 Å². The van der Waals surface area contributed by atoms with Gasteiger partial charge in [-0.1, -0.05) is 30.3 Å². The van der Waals surface area contributed by atoms with Gasteiger partial charge in [0.25, 0.3) is 0 Å². The molecule has 0 spiro atoms. The van der Waals surface area contributed by atoms with Crippen molar-refractivity contribution in [1.29, 1.82) is 0 Å². The van der Waals surface area contributed by atoms with Crippen molar-refractivity contribution in [2.45, 2.75) is 18.9 Å². The van der Waals surface area contributed by atoms with Crippen molar-refractivity contribution in [3.63, 3.8) is 0 Å². The van der Waals surface area contributed by atoms with Gasteiger partial charge in [-0.15, -0.1) is 0 Å². The van der Waals surface area contributed by atoms with E-state index in [1.54, 1.807) is 4.90 Å². The summed E-state index contributed by atoms with van der Waals surface area (Å²) in [6.07, 6.45) is 0.786. The predicted octanol–water partition coefficient (Wildman–Crippen LogP) is -0.0785. The molecule has 1 saturated heterocycles. The van der Waals surface area contributed by atoms with E-state index in [0.717, 1.165) is 5.56 Å². The van der Waals surface area contributed by atoms with Crippen LogP contribution in [0.3, 0.4) is 0 Å². The molecule has 3 N–H and O–H groups in total. The Morgan fingerprint density at radius 1 is 1.23 bits per heavy atom. The van der Waals surface area contributed by atoms with Gasteiger partial charge in [-0.05, 0) is 12.0 Å². The first kappa shape index (κ1) is 16.5. The van der Waals surface area contributed by atoms with Gasteiger partial charge in [0.15, 0.2) is 0 Å². The molecule has 6 heteroatoms. The SMILES string of the molecule is N[C@@H](Cc1ccccc1)C(=O)NCCC(=O)N1CCOCC1. The van der Waals surface area contributed by atoms with Crippen molar-refractivity contribution < 1.29 is 14.3 Å². The third-order valence-electron chi connectivity index (χ3n) is 3.64. The highest BCUT2D eigenvalue weighted by Crippen LogP contribution is 2.02. The molecule has 1 aromatic carbocycles. The molecule has 1 aliphatic heterocycles. The van der Waals surface area contributed by atoms with Crippen molar-refractivity contribution in [2.24, 2.45) is 5.73 Å². The highest BCUT2D eigenvalue weighted by atomic mass is 16.5. The van der Waals surface area contributed by atoms with Crippen LogP contribution in [0.25, 0.3) is 0 Å². The molecule has 120 valence electrons. The Hall–Kier alpha value is -1.92. The number of benzene rings is 1. The minimum Gasteiger partial charge on any atom is -0.378 e. The zero-order valence-electron chi connectivity index (χ0n) is 12.7. The van der Waals surface area contributed by atoms with Gasteiger partial charge in [0.1, 0.15) is 0 Å². The zero-order chi connectivity index (χ0) is 15.8. The number of amides is 2. The molecule has 0 radical (unpaired) electrons. The summed E-state index contributed by atoms with van der Waals surface area (Å²) in [6.45, 7) is 2.73. The van der Waals surface area contributed by atoms with Crippen LogP contribution in [0.4, 0.5) is 0 Å². The average Bonchev–Trinajstić information content (AvgIpc) is 2.56. The van der Waals surface area contributed by atoms with Gasteiger partial charge in [-0.3, -0.25) is 9.59 Å². The zero-order valence-corrected chi connectivity index (χ0v) is 12.7. The first-order valence-electron chi connectivity index (χ1n) is 7.59. The summed E-state index contributed by atoms with van der Waals surface area (Å²) < 4.78 is 5.20. The Labute approximate surface area is 130 Å². The van der Waals surface area contributed by atoms with E-state index in [-0.39, 0.29) is 11.8 Å². The van der Waals surface area contributed by atoms with E-state index in [1.165, 1.54) is 0 Å². The molecule has 1 fully saturated rings. The summed E-state index contributed by atoms with van der Waals surface area (Å²) in [7, 11) is 0. The van der Waals surface area contributed by atoms with Crippen LogP contribution in [0.2, 0.25) is 0 Å². The highest BCUT2D eigenvalue weighted by molar-refractivity contribution is 5.83. The largest absolute Gasteiger partial charge is 0.378 e. The minimum absolute atomic E-state index is 0.0419. The number of ether oxygens (including phenoxy) is 1. The van der Waals surface area contributed by atoms with Crippen molar-refractivity contribution in [2.75, 3.05) is 32.8 Å². The van der Waals surface area contributed by atoms with E-state index in [0.29, 0.717) is 45.7 Å². The van der Waals surface area contributed by atoms with Crippen molar-refractivity contribution in [3.05, 3.63) is 35.9 Å². The lowest BCUT2D eigenvalue weighted by atomic mass is 10.1. The number of morpholine rings is 1. The Kier molecular flexibility index (Phi) is 6.36. The maximum Gasteiger partial charge on any atom is 0.237 e. The monoisotopic (exact) mass is 305 g/mol. The maximum atomic E-state index is 11.9. The Balaban J connectivity index is 1.67. The number of rotatable bonds is 6. The third kappa shape index (κ3) is 5.13. The summed E-state index contributed by atoms with van der Waals surface area (Å²) in [5.41, 5.74) is 6.91. The molecular weight excluding hydrogens is 282 g/mol. The van der Waals surface area contributed by atoms with E-state index in [2.05, 4.69) is 5.32 Å². The topological polar surface area (TPSA) is 84.7 Å². The molecule has 22 heavy (non-hydrogen) atoms. The van der Waals surface area contributed by atoms with E-state index < -0.39 is 6.04 Å². The smallest absolute Gasteiger partial charge is 0.237 e. The number of hydrogen-bond donors (Lipinski definition) is 2. The Morgan fingerprint density at radius 2 is 1.91 bits per heavy atom. The summed E-state index contributed by atoms with van der Waals surface area (Å²) in [4.78, 5) is 25.6. The number of carbonyl (C=O) groups excluding carboxylic acids is 2. The van der Waals surface area contributed by atoms with Crippen LogP contribution < -0.4 is 11.1 Å². The molecule has 0 aliphatic carbocycles. The van der Waals surface area contributed by atoms with Gasteiger partial charge in [0.05, 0.1) is 19.3 Å². The molecular formula is C16H23N3O3. The summed E-state index contributed by atoms with van der Waals surface area (Å²) >= 11 is 0. The van der Waals surface area contributed by atoms with Gasteiger partial charge in [-0.2, -0.15) is 0 Å². The molecule has 0 bridgehead atoms. The summed E-state index contributed by atoms with van der Waals surface area (Å²) in [5.74, 6) is -0.182. The van der Waals surface area contributed by atoms with Gasteiger partial charge >= 0.3 is 0 Å². The fourth-order valence-electron chi connectivity index (χ4n) is 2.36. The number of nitrogens with zero attached hydrogens (tertiary/aromatic N) is 1. The van der Waals surface area contributed by atoms with Crippen LogP contribution in [0.5, 0.6) is 0 Å². The summed E-state index contributed by atoms with van der Waals surface area (Å²) in [6, 6.07) is 9.04. The van der Waals surface area contributed by atoms with E-state index in [9.17, 15) is 9.59 Å². The van der Waals surface area contributed by atoms with Crippen LogP contribution >= 0.6 is 0 Å². The van der Waals surface area contributed by atoms with Gasteiger partial charge < -0.3 is 20.7 Å².